The molecule has 0 saturated heterocycles. The molecular formula is C24H19BrN6. The Hall–Kier alpha value is -3.45. The number of hydrogen-bond acceptors (Lipinski definition) is 3. The lowest BCUT2D eigenvalue weighted by molar-refractivity contribution is 0.861. The SMILES string of the molecule is CCCc1nc2cc(-c3nc4cc(-c5nc6cc(Br)ccc6[nH]5)ccc4[nH]3)ccc2[nH]1. The van der Waals surface area contributed by atoms with Crippen LogP contribution in [0.2, 0.25) is 0 Å². The minimum atomic E-state index is 0.834. The zero-order chi connectivity index (χ0) is 20.9. The van der Waals surface area contributed by atoms with Gasteiger partial charge < -0.3 is 15.0 Å². The highest BCUT2D eigenvalue weighted by atomic mass is 79.9. The van der Waals surface area contributed by atoms with Crippen molar-refractivity contribution in [3.63, 3.8) is 0 Å². The van der Waals surface area contributed by atoms with Crippen LogP contribution in [0.1, 0.15) is 19.2 Å². The van der Waals surface area contributed by atoms with E-state index >= 15 is 0 Å². The molecule has 0 bridgehead atoms. The standard InChI is InChI=1S/C24H19BrN6/c1-2-3-22-26-16-7-4-13(10-19(16)27-22)23-28-17-8-5-14(11-20(17)30-23)24-29-18-9-6-15(25)12-21(18)31-24/h4-12H,2-3H2,1H3,(H,26,27)(H,28,30)(H,29,31). The van der Waals surface area contributed by atoms with Crippen LogP contribution in [0.3, 0.4) is 0 Å². The van der Waals surface area contributed by atoms with Crippen molar-refractivity contribution >= 4 is 49.0 Å². The average Bonchev–Trinajstić information content (AvgIpc) is 3.48. The maximum atomic E-state index is 4.84. The first-order chi connectivity index (χ1) is 15.2. The van der Waals surface area contributed by atoms with Crippen molar-refractivity contribution in [3.05, 3.63) is 64.9 Å². The van der Waals surface area contributed by atoms with Crippen LogP contribution in [0.25, 0.3) is 55.9 Å². The van der Waals surface area contributed by atoms with Gasteiger partial charge in [-0.15, -0.1) is 0 Å². The summed E-state index contributed by atoms with van der Waals surface area (Å²) < 4.78 is 1.01. The number of aryl methyl sites for hydroxylation is 1. The van der Waals surface area contributed by atoms with E-state index in [4.69, 9.17) is 15.0 Å². The van der Waals surface area contributed by atoms with Crippen molar-refractivity contribution in [1.82, 2.24) is 29.9 Å². The number of H-pyrrole nitrogens is 3. The van der Waals surface area contributed by atoms with Crippen LogP contribution >= 0.6 is 15.9 Å². The second-order valence-electron chi connectivity index (χ2n) is 7.73. The van der Waals surface area contributed by atoms with Crippen molar-refractivity contribution in [2.75, 3.05) is 0 Å². The van der Waals surface area contributed by atoms with Gasteiger partial charge in [0.15, 0.2) is 0 Å². The molecule has 0 aliphatic heterocycles. The summed E-state index contributed by atoms with van der Waals surface area (Å²) in [5.74, 6) is 2.70. The van der Waals surface area contributed by atoms with E-state index in [1.807, 2.05) is 18.2 Å². The fourth-order valence-corrected chi connectivity index (χ4v) is 4.32. The summed E-state index contributed by atoms with van der Waals surface area (Å²) in [6, 6.07) is 18.5. The number of fused-ring (bicyclic) bond motifs is 3. The number of hydrogen-bond donors (Lipinski definition) is 3. The van der Waals surface area contributed by atoms with Crippen LogP contribution in [-0.2, 0) is 6.42 Å². The topological polar surface area (TPSA) is 86.0 Å². The molecule has 3 aromatic heterocycles. The molecule has 6 rings (SSSR count). The van der Waals surface area contributed by atoms with Gasteiger partial charge in [-0.25, -0.2) is 15.0 Å². The molecule has 152 valence electrons. The van der Waals surface area contributed by atoms with E-state index in [9.17, 15) is 0 Å². The maximum Gasteiger partial charge on any atom is 0.138 e. The molecule has 7 heteroatoms. The summed E-state index contributed by atoms with van der Waals surface area (Å²) in [7, 11) is 0. The molecule has 0 aliphatic carbocycles. The van der Waals surface area contributed by atoms with Gasteiger partial charge in [0.2, 0.25) is 0 Å². The number of halogens is 1. The van der Waals surface area contributed by atoms with Gasteiger partial charge in [0, 0.05) is 22.0 Å². The molecule has 0 spiro atoms. The molecule has 0 radical (unpaired) electrons. The highest BCUT2D eigenvalue weighted by Gasteiger charge is 2.11. The molecule has 31 heavy (non-hydrogen) atoms. The number of nitrogens with zero attached hydrogens (tertiary/aromatic N) is 3. The van der Waals surface area contributed by atoms with Gasteiger partial charge in [0.25, 0.3) is 0 Å². The third-order valence-corrected chi connectivity index (χ3v) is 5.99. The van der Waals surface area contributed by atoms with Gasteiger partial charge in [0.1, 0.15) is 17.5 Å². The van der Waals surface area contributed by atoms with Crippen LogP contribution in [0.4, 0.5) is 0 Å². The average molecular weight is 471 g/mol. The van der Waals surface area contributed by atoms with E-state index < -0.39 is 0 Å². The fraction of sp³-hybridized carbons (Fsp3) is 0.125. The molecule has 3 heterocycles. The highest BCUT2D eigenvalue weighted by molar-refractivity contribution is 9.10. The number of imidazole rings is 3. The molecule has 3 aromatic carbocycles. The fourth-order valence-electron chi connectivity index (χ4n) is 3.97. The van der Waals surface area contributed by atoms with E-state index in [1.165, 1.54) is 0 Å². The van der Waals surface area contributed by atoms with E-state index in [-0.39, 0.29) is 0 Å². The lowest BCUT2D eigenvalue weighted by atomic mass is 10.2. The van der Waals surface area contributed by atoms with Gasteiger partial charge in [-0.2, -0.15) is 0 Å². The predicted octanol–water partition coefficient (Wildman–Crippen LogP) is 6.36. The number of nitrogens with one attached hydrogen (secondary N) is 3. The summed E-state index contributed by atoms with van der Waals surface area (Å²) in [5, 5.41) is 0. The number of aromatic amines is 3. The highest BCUT2D eigenvalue weighted by Crippen LogP contribution is 2.28. The van der Waals surface area contributed by atoms with E-state index in [0.717, 1.165) is 79.0 Å². The Bertz CT molecular complexity index is 1570. The first-order valence-electron chi connectivity index (χ1n) is 10.3. The summed E-state index contributed by atoms with van der Waals surface area (Å²) in [4.78, 5) is 24.5. The van der Waals surface area contributed by atoms with Gasteiger partial charge in [-0.05, 0) is 61.0 Å². The third-order valence-electron chi connectivity index (χ3n) is 5.49. The summed E-state index contributed by atoms with van der Waals surface area (Å²) in [5.41, 5.74) is 7.89. The lowest BCUT2D eigenvalue weighted by Gasteiger charge is -1.95. The Morgan fingerprint density at radius 3 is 1.87 bits per heavy atom. The van der Waals surface area contributed by atoms with Crippen LogP contribution in [-0.4, -0.2) is 29.9 Å². The molecule has 3 N–H and O–H groups in total. The minimum Gasteiger partial charge on any atom is -0.342 e. The zero-order valence-corrected chi connectivity index (χ0v) is 18.4. The first kappa shape index (κ1) is 18.3. The molecule has 6 nitrogen and oxygen atoms in total. The van der Waals surface area contributed by atoms with Gasteiger partial charge in [-0.3, -0.25) is 0 Å². The first-order valence-corrected chi connectivity index (χ1v) is 11.1. The van der Waals surface area contributed by atoms with Crippen molar-refractivity contribution < 1.29 is 0 Å². The largest absolute Gasteiger partial charge is 0.342 e. The maximum absolute atomic E-state index is 4.84. The van der Waals surface area contributed by atoms with Crippen LogP contribution in [0.5, 0.6) is 0 Å². The smallest absolute Gasteiger partial charge is 0.138 e. The quantitative estimate of drug-likeness (QED) is 0.280. The van der Waals surface area contributed by atoms with Gasteiger partial charge >= 0.3 is 0 Å². The molecule has 0 fully saturated rings. The minimum absolute atomic E-state index is 0.834. The number of benzene rings is 3. The monoisotopic (exact) mass is 470 g/mol. The Labute approximate surface area is 186 Å². The van der Waals surface area contributed by atoms with E-state index in [1.54, 1.807) is 0 Å². The predicted molar refractivity (Wildman–Crippen MR) is 128 cm³/mol. The number of rotatable bonds is 4. The molecule has 0 saturated carbocycles. The number of aromatic nitrogens is 6. The van der Waals surface area contributed by atoms with Gasteiger partial charge in [-0.1, -0.05) is 22.9 Å². The Morgan fingerprint density at radius 2 is 1.23 bits per heavy atom. The van der Waals surface area contributed by atoms with Gasteiger partial charge in [0.05, 0.1) is 33.1 Å². The molecule has 0 aliphatic rings. The Kier molecular flexibility index (Phi) is 4.17. The van der Waals surface area contributed by atoms with E-state index in [2.05, 4.69) is 74.2 Å². The van der Waals surface area contributed by atoms with Crippen LogP contribution < -0.4 is 0 Å². The van der Waals surface area contributed by atoms with Crippen LogP contribution in [0.15, 0.2) is 59.1 Å². The second-order valence-corrected chi connectivity index (χ2v) is 8.65. The molecule has 0 amide bonds. The summed E-state index contributed by atoms with van der Waals surface area (Å²) in [6.45, 7) is 2.16. The summed E-state index contributed by atoms with van der Waals surface area (Å²) >= 11 is 3.50. The van der Waals surface area contributed by atoms with E-state index in [0.29, 0.717) is 0 Å². The van der Waals surface area contributed by atoms with Crippen LogP contribution in [0, 0.1) is 0 Å². The lowest BCUT2D eigenvalue weighted by Crippen LogP contribution is -1.84. The molecule has 0 atom stereocenters. The van der Waals surface area contributed by atoms with Crippen molar-refractivity contribution in [1.29, 1.82) is 0 Å². The van der Waals surface area contributed by atoms with Crippen molar-refractivity contribution in [2.45, 2.75) is 19.8 Å². The normalized spacial score (nSPS) is 11.8. The molecular weight excluding hydrogens is 452 g/mol. The molecule has 6 aromatic rings. The summed E-state index contributed by atoms with van der Waals surface area (Å²) in [6.07, 6.45) is 2.03. The van der Waals surface area contributed by atoms with Crippen molar-refractivity contribution in [3.8, 4) is 22.8 Å². The Balaban J connectivity index is 1.39. The second kappa shape index (κ2) is 7.06. The zero-order valence-electron chi connectivity index (χ0n) is 16.8. The Morgan fingerprint density at radius 1 is 0.677 bits per heavy atom. The van der Waals surface area contributed by atoms with Crippen molar-refractivity contribution in [2.24, 2.45) is 0 Å². The molecule has 0 unspecified atom stereocenters. The third kappa shape index (κ3) is 3.21.